The van der Waals surface area contributed by atoms with E-state index in [1.807, 2.05) is 13.0 Å². The SMILES string of the molecule is CCCC(=O)C=CC1CCC(=O)C1CC#CCCC(=O)O. The van der Waals surface area contributed by atoms with Crippen molar-refractivity contribution >= 4 is 17.5 Å². The van der Waals surface area contributed by atoms with E-state index in [-0.39, 0.29) is 29.8 Å². The second-order valence-corrected chi connectivity index (χ2v) is 5.30. The number of ketones is 2. The van der Waals surface area contributed by atoms with Crippen LogP contribution in [-0.2, 0) is 14.4 Å². The van der Waals surface area contributed by atoms with Gasteiger partial charge in [-0.3, -0.25) is 14.4 Å². The minimum atomic E-state index is -0.864. The fourth-order valence-corrected chi connectivity index (χ4v) is 2.43. The van der Waals surface area contributed by atoms with Gasteiger partial charge in [0.1, 0.15) is 5.78 Å². The Kier molecular flexibility index (Phi) is 7.45. The van der Waals surface area contributed by atoms with Crippen molar-refractivity contribution in [3.63, 3.8) is 0 Å². The van der Waals surface area contributed by atoms with Crippen molar-refractivity contribution in [1.29, 1.82) is 0 Å². The van der Waals surface area contributed by atoms with Gasteiger partial charge in [-0.05, 0) is 24.8 Å². The maximum Gasteiger partial charge on any atom is 0.304 e. The summed E-state index contributed by atoms with van der Waals surface area (Å²) in [6.07, 6.45) is 6.92. The first kappa shape index (κ1) is 17.2. The summed E-state index contributed by atoms with van der Waals surface area (Å²) in [6.45, 7) is 1.96. The molecule has 1 saturated carbocycles. The Labute approximate surface area is 125 Å². The topological polar surface area (TPSA) is 71.4 Å². The van der Waals surface area contributed by atoms with E-state index in [2.05, 4.69) is 11.8 Å². The van der Waals surface area contributed by atoms with Gasteiger partial charge in [0.25, 0.3) is 0 Å². The van der Waals surface area contributed by atoms with Crippen LogP contribution >= 0.6 is 0 Å². The van der Waals surface area contributed by atoms with Gasteiger partial charge in [-0.25, -0.2) is 0 Å². The fourth-order valence-electron chi connectivity index (χ4n) is 2.43. The molecule has 1 aliphatic carbocycles. The quantitative estimate of drug-likeness (QED) is 0.578. The van der Waals surface area contributed by atoms with E-state index < -0.39 is 5.97 Å². The molecule has 1 fully saturated rings. The highest BCUT2D eigenvalue weighted by molar-refractivity contribution is 5.90. The highest BCUT2D eigenvalue weighted by Gasteiger charge is 2.32. The predicted molar refractivity (Wildman–Crippen MR) is 79.5 cm³/mol. The first-order valence-electron chi connectivity index (χ1n) is 7.45. The van der Waals surface area contributed by atoms with Crippen molar-refractivity contribution in [2.24, 2.45) is 11.8 Å². The van der Waals surface area contributed by atoms with E-state index in [0.29, 0.717) is 25.7 Å². The maximum absolute atomic E-state index is 11.8. The van der Waals surface area contributed by atoms with E-state index in [4.69, 9.17) is 5.11 Å². The molecule has 0 aliphatic heterocycles. The summed E-state index contributed by atoms with van der Waals surface area (Å²) in [5.74, 6) is 5.07. The molecule has 4 nitrogen and oxygen atoms in total. The average Bonchev–Trinajstić information content (AvgIpc) is 2.77. The Morgan fingerprint density at radius 1 is 1.33 bits per heavy atom. The van der Waals surface area contributed by atoms with Crippen LogP contribution in [0.3, 0.4) is 0 Å². The molecular formula is C17H22O4. The molecular weight excluding hydrogens is 268 g/mol. The van der Waals surface area contributed by atoms with Crippen molar-refractivity contribution in [3.8, 4) is 11.8 Å². The summed E-state index contributed by atoms with van der Waals surface area (Å²) in [4.78, 5) is 33.7. The van der Waals surface area contributed by atoms with Gasteiger partial charge in [-0.15, -0.1) is 11.8 Å². The van der Waals surface area contributed by atoms with Gasteiger partial charge < -0.3 is 5.11 Å². The van der Waals surface area contributed by atoms with Crippen LogP contribution in [0.2, 0.25) is 0 Å². The molecule has 0 aromatic carbocycles. The fraction of sp³-hybridized carbons (Fsp3) is 0.588. The molecule has 4 heteroatoms. The largest absolute Gasteiger partial charge is 0.481 e. The van der Waals surface area contributed by atoms with Gasteiger partial charge in [0.15, 0.2) is 5.78 Å². The first-order valence-corrected chi connectivity index (χ1v) is 7.45. The zero-order valence-corrected chi connectivity index (χ0v) is 12.4. The number of hydrogen-bond acceptors (Lipinski definition) is 3. The predicted octanol–water partition coefficient (Wildman–Crippen LogP) is 2.77. The molecule has 21 heavy (non-hydrogen) atoms. The van der Waals surface area contributed by atoms with Crippen LogP contribution in [0, 0.1) is 23.7 Å². The van der Waals surface area contributed by atoms with E-state index in [1.165, 1.54) is 0 Å². The normalized spacial score (nSPS) is 21.3. The molecule has 0 amide bonds. The van der Waals surface area contributed by atoms with Crippen LogP contribution in [0.5, 0.6) is 0 Å². The van der Waals surface area contributed by atoms with Crippen molar-refractivity contribution < 1.29 is 19.5 Å². The first-order chi connectivity index (χ1) is 10.0. The minimum Gasteiger partial charge on any atom is -0.481 e. The smallest absolute Gasteiger partial charge is 0.304 e. The van der Waals surface area contributed by atoms with Gasteiger partial charge >= 0.3 is 5.97 Å². The Bertz CT molecular complexity index is 479. The van der Waals surface area contributed by atoms with Crippen LogP contribution < -0.4 is 0 Å². The molecule has 0 spiro atoms. The Hall–Kier alpha value is -1.89. The zero-order valence-electron chi connectivity index (χ0n) is 12.4. The molecule has 2 atom stereocenters. The van der Waals surface area contributed by atoms with E-state index in [1.54, 1.807) is 6.08 Å². The second-order valence-electron chi connectivity index (χ2n) is 5.30. The monoisotopic (exact) mass is 290 g/mol. The summed E-state index contributed by atoms with van der Waals surface area (Å²) in [5.41, 5.74) is 0. The van der Waals surface area contributed by atoms with Crippen LogP contribution in [0.25, 0.3) is 0 Å². The number of allylic oxidation sites excluding steroid dienone is 2. The second kappa shape index (κ2) is 9.12. The number of carbonyl (C=O) groups is 3. The molecule has 1 aliphatic rings. The summed E-state index contributed by atoms with van der Waals surface area (Å²) in [7, 11) is 0. The van der Waals surface area contributed by atoms with Crippen LogP contribution in [-0.4, -0.2) is 22.6 Å². The van der Waals surface area contributed by atoms with Gasteiger partial charge in [0, 0.05) is 31.6 Å². The van der Waals surface area contributed by atoms with Crippen LogP contribution in [0.1, 0.15) is 51.9 Å². The van der Waals surface area contributed by atoms with Gasteiger partial charge in [-0.1, -0.05) is 13.0 Å². The Morgan fingerprint density at radius 3 is 2.76 bits per heavy atom. The number of carbonyl (C=O) groups excluding carboxylic acids is 2. The van der Waals surface area contributed by atoms with Crippen molar-refractivity contribution in [3.05, 3.63) is 12.2 Å². The molecule has 0 heterocycles. The van der Waals surface area contributed by atoms with E-state index in [9.17, 15) is 14.4 Å². The number of hydrogen-bond donors (Lipinski definition) is 1. The molecule has 2 unspecified atom stereocenters. The summed E-state index contributed by atoms with van der Waals surface area (Å²) >= 11 is 0. The van der Waals surface area contributed by atoms with E-state index >= 15 is 0 Å². The molecule has 0 saturated heterocycles. The lowest BCUT2D eigenvalue weighted by molar-refractivity contribution is -0.136. The Balaban J connectivity index is 2.51. The van der Waals surface area contributed by atoms with Gasteiger partial charge in [0.2, 0.25) is 0 Å². The van der Waals surface area contributed by atoms with Crippen molar-refractivity contribution in [2.75, 3.05) is 0 Å². The summed E-state index contributed by atoms with van der Waals surface area (Å²) in [5, 5.41) is 8.51. The highest BCUT2D eigenvalue weighted by Crippen LogP contribution is 2.32. The van der Waals surface area contributed by atoms with E-state index in [0.717, 1.165) is 12.8 Å². The molecule has 1 N–H and O–H groups in total. The molecule has 0 aromatic heterocycles. The number of aliphatic carboxylic acids is 1. The third-order valence-corrected chi connectivity index (χ3v) is 3.59. The summed E-state index contributed by atoms with van der Waals surface area (Å²) in [6, 6.07) is 0. The number of carboxylic acid groups (broad SMARTS) is 1. The third-order valence-electron chi connectivity index (χ3n) is 3.59. The summed E-state index contributed by atoms with van der Waals surface area (Å²) < 4.78 is 0. The molecule has 0 bridgehead atoms. The Morgan fingerprint density at radius 2 is 2.10 bits per heavy atom. The minimum absolute atomic E-state index is 0.0282. The van der Waals surface area contributed by atoms with Crippen LogP contribution in [0.15, 0.2) is 12.2 Å². The zero-order chi connectivity index (χ0) is 15.7. The molecule has 114 valence electrons. The number of rotatable bonds is 7. The highest BCUT2D eigenvalue weighted by atomic mass is 16.4. The number of Topliss-reactive ketones (excluding diaryl/α,β-unsaturated/α-hetero) is 1. The molecule has 0 radical (unpaired) electrons. The van der Waals surface area contributed by atoms with Crippen LogP contribution in [0.4, 0.5) is 0 Å². The van der Waals surface area contributed by atoms with Crippen molar-refractivity contribution in [1.82, 2.24) is 0 Å². The maximum atomic E-state index is 11.8. The standard InChI is InChI=1S/C17H22O4/c1-2-6-14(18)11-9-13-10-12-16(19)15(13)7-4-3-5-8-17(20)21/h9,11,13,15H,2,5-8,10,12H2,1H3,(H,20,21). The third kappa shape index (κ3) is 6.40. The molecule has 0 aromatic rings. The lowest BCUT2D eigenvalue weighted by Gasteiger charge is -2.11. The lowest BCUT2D eigenvalue weighted by atomic mass is 9.91. The lowest BCUT2D eigenvalue weighted by Crippen LogP contribution is -2.12. The molecule has 1 rings (SSSR count). The average molecular weight is 290 g/mol. The van der Waals surface area contributed by atoms with Crippen molar-refractivity contribution in [2.45, 2.75) is 51.9 Å². The number of carboxylic acids is 1. The van der Waals surface area contributed by atoms with Gasteiger partial charge in [0.05, 0.1) is 6.42 Å². The van der Waals surface area contributed by atoms with Gasteiger partial charge in [-0.2, -0.15) is 0 Å².